The molecule has 1 saturated heterocycles. The number of hydrogen-bond donors (Lipinski definition) is 2. The second kappa shape index (κ2) is 10.1. The van der Waals surface area contributed by atoms with E-state index < -0.39 is 11.8 Å². The third-order valence-corrected chi connectivity index (χ3v) is 5.35. The minimum absolute atomic E-state index is 0.0567. The molecule has 0 aromatic heterocycles. The molecule has 1 aliphatic rings. The van der Waals surface area contributed by atoms with Gasteiger partial charge >= 0.3 is 6.03 Å². The van der Waals surface area contributed by atoms with Crippen molar-refractivity contribution in [2.75, 3.05) is 41.7 Å². The fourth-order valence-electron chi connectivity index (χ4n) is 3.72. The van der Waals surface area contributed by atoms with Crippen LogP contribution in [0.3, 0.4) is 0 Å². The van der Waals surface area contributed by atoms with Crippen molar-refractivity contribution in [1.29, 1.82) is 0 Å². The number of piperidine rings is 1. The number of rotatable bonds is 6. The molecule has 0 spiro atoms. The number of nitrogens with one attached hydrogen (secondary N) is 2. The molecule has 0 bridgehead atoms. The third kappa shape index (κ3) is 5.09. The van der Waals surface area contributed by atoms with Crippen LogP contribution in [0.25, 0.3) is 0 Å². The molecule has 3 amide bonds. The minimum atomic E-state index is -0.563. The number of benzene rings is 2. The average molecular weight is 413 g/mol. The molecule has 0 unspecified atom stereocenters. The molecule has 2 N–H and O–H groups in total. The zero-order chi connectivity index (χ0) is 21.5. The van der Waals surface area contributed by atoms with Crippen molar-refractivity contribution in [1.82, 2.24) is 4.90 Å². The van der Waals surface area contributed by atoms with Crippen molar-refractivity contribution in [3.8, 4) is 0 Å². The summed E-state index contributed by atoms with van der Waals surface area (Å²) in [6.45, 7) is 6.95. The van der Waals surface area contributed by atoms with Crippen molar-refractivity contribution in [3.05, 3.63) is 53.8 Å². The summed E-state index contributed by atoms with van der Waals surface area (Å²) in [5.74, 6) is -0.566. The Kier molecular flexibility index (Phi) is 7.27. The Morgan fingerprint density at radius 1 is 1.00 bits per heavy atom. The number of hydrogen-bond acceptors (Lipinski definition) is 3. The lowest BCUT2D eigenvalue weighted by Gasteiger charge is -2.31. The van der Waals surface area contributed by atoms with E-state index in [1.807, 2.05) is 19.9 Å². The first kappa shape index (κ1) is 21.6. The maximum absolute atomic E-state index is 13.8. The first-order valence-electron chi connectivity index (χ1n) is 10.5. The normalized spacial score (nSPS) is 13.6. The van der Waals surface area contributed by atoms with Gasteiger partial charge in [-0.15, -0.1) is 0 Å². The molecule has 1 fully saturated rings. The van der Waals surface area contributed by atoms with Crippen molar-refractivity contribution in [2.24, 2.45) is 0 Å². The topological polar surface area (TPSA) is 64.7 Å². The van der Waals surface area contributed by atoms with Crippen LogP contribution in [0.1, 0.15) is 43.5 Å². The Morgan fingerprint density at radius 3 is 2.37 bits per heavy atom. The molecule has 0 atom stereocenters. The molecule has 1 heterocycles. The molecule has 30 heavy (non-hydrogen) atoms. The van der Waals surface area contributed by atoms with Gasteiger partial charge in [-0.05, 0) is 63.4 Å². The molecule has 0 radical (unpaired) electrons. The first-order chi connectivity index (χ1) is 14.5. The number of halogens is 1. The van der Waals surface area contributed by atoms with Crippen LogP contribution < -0.4 is 15.5 Å². The zero-order valence-corrected chi connectivity index (χ0v) is 17.6. The van der Waals surface area contributed by atoms with Crippen LogP contribution in [0.4, 0.5) is 26.2 Å². The van der Waals surface area contributed by atoms with E-state index in [1.54, 1.807) is 29.2 Å². The van der Waals surface area contributed by atoms with Gasteiger partial charge in [-0.2, -0.15) is 0 Å². The highest BCUT2D eigenvalue weighted by Crippen LogP contribution is 2.28. The van der Waals surface area contributed by atoms with E-state index >= 15 is 0 Å². The van der Waals surface area contributed by atoms with Gasteiger partial charge < -0.3 is 20.4 Å². The van der Waals surface area contributed by atoms with Crippen LogP contribution in [0.2, 0.25) is 0 Å². The van der Waals surface area contributed by atoms with Crippen LogP contribution in [0, 0.1) is 5.82 Å². The second-order valence-corrected chi connectivity index (χ2v) is 7.32. The van der Waals surface area contributed by atoms with Crippen LogP contribution in [0.15, 0.2) is 42.5 Å². The summed E-state index contributed by atoms with van der Waals surface area (Å²) in [5, 5.41) is 5.21. The number of nitrogens with zero attached hydrogens (tertiary/aromatic N) is 2. The SMILES string of the molecule is CCN(CC)C(=O)c1cc(NC(=O)Nc2ccccc2F)ccc1N1CCCCC1. The molecule has 2 aromatic carbocycles. The Labute approximate surface area is 177 Å². The summed E-state index contributed by atoms with van der Waals surface area (Å²) < 4.78 is 13.8. The molecule has 1 aliphatic heterocycles. The Hall–Kier alpha value is -3.09. The third-order valence-electron chi connectivity index (χ3n) is 5.35. The molecule has 2 aromatic rings. The second-order valence-electron chi connectivity index (χ2n) is 7.32. The first-order valence-corrected chi connectivity index (χ1v) is 10.5. The highest BCUT2D eigenvalue weighted by Gasteiger charge is 2.22. The van der Waals surface area contributed by atoms with E-state index in [1.165, 1.54) is 18.6 Å². The maximum atomic E-state index is 13.8. The molecular formula is C23H29FN4O2. The lowest BCUT2D eigenvalue weighted by atomic mass is 10.1. The fourth-order valence-corrected chi connectivity index (χ4v) is 3.72. The summed E-state index contributed by atoms with van der Waals surface area (Å²) in [6, 6.07) is 10.8. The summed E-state index contributed by atoms with van der Waals surface area (Å²) >= 11 is 0. The van der Waals surface area contributed by atoms with E-state index in [2.05, 4.69) is 15.5 Å². The van der Waals surface area contributed by atoms with Gasteiger partial charge in [0, 0.05) is 37.6 Å². The van der Waals surface area contributed by atoms with Crippen LogP contribution in [-0.2, 0) is 0 Å². The Morgan fingerprint density at radius 2 is 1.70 bits per heavy atom. The molecular weight excluding hydrogens is 383 g/mol. The molecule has 6 nitrogen and oxygen atoms in total. The van der Waals surface area contributed by atoms with E-state index in [-0.39, 0.29) is 11.6 Å². The van der Waals surface area contributed by atoms with Crippen molar-refractivity contribution in [3.63, 3.8) is 0 Å². The van der Waals surface area contributed by atoms with Crippen molar-refractivity contribution < 1.29 is 14.0 Å². The molecule has 0 aliphatic carbocycles. The van der Waals surface area contributed by atoms with Crippen molar-refractivity contribution in [2.45, 2.75) is 33.1 Å². The molecule has 160 valence electrons. The fraction of sp³-hybridized carbons (Fsp3) is 0.391. The van der Waals surface area contributed by atoms with Gasteiger partial charge in [0.2, 0.25) is 0 Å². The highest BCUT2D eigenvalue weighted by molar-refractivity contribution is 6.04. The number of urea groups is 1. The van der Waals surface area contributed by atoms with Gasteiger partial charge in [-0.3, -0.25) is 4.79 Å². The van der Waals surface area contributed by atoms with Crippen LogP contribution in [-0.4, -0.2) is 43.0 Å². The summed E-state index contributed by atoms with van der Waals surface area (Å²) in [7, 11) is 0. The number of carbonyl (C=O) groups excluding carboxylic acids is 2. The summed E-state index contributed by atoms with van der Waals surface area (Å²) in [4.78, 5) is 29.5. The van der Waals surface area contributed by atoms with E-state index in [0.717, 1.165) is 31.6 Å². The van der Waals surface area contributed by atoms with E-state index in [9.17, 15) is 14.0 Å². The van der Waals surface area contributed by atoms with Gasteiger partial charge in [0.05, 0.1) is 11.3 Å². The Balaban J connectivity index is 1.84. The van der Waals surface area contributed by atoms with Gasteiger partial charge in [0.15, 0.2) is 0 Å². The number of anilines is 3. The predicted molar refractivity (Wildman–Crippen MR) is 119 cm³/mol. The van der Waals surface area contributed by atoms with Crippen LogP contribution >= 0.6 is 0 Å². The monoisotopic (exact) mass is 412 g/mol. The molecule has 0 saturated carbocycles. The highest BCUT2D eigenvalue weighted by atomic mass is 19.1. The minimum Gasteiger partial charge on any atom is -0.371 e. The van der Waals surface area contributed by atoms with Crippen molar-refractivity contribution >= 4 is 29.0 Å². The quantitative estimate of drug-likeness (QED) is 0.706. The zero-order valence-electron chi connectivity index (χ0n) is 17.6. The summed E-state index contributed by atoms with van der Waals surface area (Å²) in [6.07, 6.45) is 3.40. The lowest BCUT2D eigenvalue weighted by Crippen LogP contribution is -2.35. The Bertz CT molecular complexity index is 893. The van der Waals surface area contributed by atoms with Gasteiger partial charge in [0.1, 0.15) is 5.82 Å². The van der Waals surface area contributed by atoms with Crippen LogP contribution in [0.5, 0.6) is 0 Å². The van der Waals surface area contributed by atoms with Gasteiger partial charge in [-0.1, -0.05) is 12.1 Å². The number of carbonyl (C=O) groups is 2. The molecule has 3 rings (SSSR count). The largest absolute Gasteiger partial charge is 0.371 e. The predicted octanol–water partition coefficient (Wildman–Crippen LogP) is 4.94. The van der Waals surface area contributed by atoms with E-state index in [0.29, 0.717) is 24.3 Å². The number of para-hydroxylation sites is 1. The maximum Gasteiger partial charge on any atom is 0.323 e. The van der Waals surface area contributed by atoms with E-state index in [4.69, 9.17) is 0 Å². The summed E-state index contributed by atoms with van der Waals surface area (Å²) in [5.41, 5.74) is 2.05. The smallest absolute Gasteiger partial charge is 0.323 e. The molecule has 7 heteroatoms. The van der Waals surface area contributed by atoms with Gasteiger partial charge in [-0.25, -0.2) is 9.18 Å². The standard InChI is InChI=1S/C23H29FN4O2/c1-3-27(4-2)22(29)18-16-17(12-13-21(18)28-14-8-5-9-15-28)25-23(30)26-20-11-7-6-10-19(20)24/h6-7,10-13,16H,3-5,8-9,14-15H2,1-2H3,(H2,25,26,30). The van der Waals surface area contributed by atoms with Gasteiger partial charge in [0.25, 0.3) is 5.91 Å². The average Bonchev–Trinajstić information content (AvgIpc) is 2.76. The lowest BCUT2D eigenvalue weighted by molar-refractivity contribution is 0.0773. The number of amides is 3.